The van der Waals surface area contributed by atoms with E-state index in [1.54, 1.807) is 13.0 Å². The third-order valence-corrected chi connectivity index (χ3v) is 7.15. The molecule has 1 fully saturated rings. The van der Waals surface area contributed by atoms with E-state index in [-0.39, 0.29) is 10.8 Å². The van der Waals surface area contributed by atoms with Crippen molar-refractivity contribution in [3.05, 3.63) is 28.8 Å². The fourth-order valence-electron chi connectivity index (χ4n) is 3.68. The Morgan fingerprint density at radius 3 is 2.48 bits per heavy atom. The molecule has 27 heavy (non-hydrogen) atoms. The highest BCUT2D eigenvalue weighted by molar-refractivity contribution is 7.89. The molecule has 7 heteroatoms. The van der Waals surface area contributed by atoms with Crippen molar-refractivity contribution in [1.29, 1.82) is 0 Å². The molecule has 1 aliphatic rings. The van der Waals surface area contributed by atoms with Gasteiger partial charge in [-0.3, -0.25) is 4.79 Å². The maximum Gasteiger partial charge on any atom is 0.251 e. The van der Waals surface area contributed by atoms with Crippen molar-refractivity contribution in [3.8, 4) is 0 Å². The first-order chi connectivity index (χ1) is 12.8. The van der Waals surface area contributed by atoms with Crippen molar-refractivity contribution in [2.45, 2.75) is 63.3 Å². The van der Waals surface area contributed by atoms with Crippen LogP contribution in [0, 0.1) is 13.8 Å². The van der Waals surface area contributed by atoms with Gasteiger partial charge in [0.1, 0.15) is 0 Å². The van der Waals surface area contributed by atoms with Crippen LogP contribution in [-0.2, 0) is 10.0 Å². The zero-order chi connectivity index (χ0) is 20.0. The number of benzene rings is 1. The summed E-state index contributed by atoms with van der Waals surface area (Å²) in [4.78, 5) is 15.0. The zero-order valence-corrected chi connectivity index (χ0v) is 17.8. The normalized spacial score (nSPS) is 15.9. The summed E-state index contributed by atoms with van der Waals surface area (Å²) < 4.78 is 26.7. The van der Waals surface area contributed by atoms with Crippen LogP contribution >= 0.6 is 0 Å². The topological polar surface area (TPSA) is 78.5 Å². The van der Waals surface area contributed by atoms with Crippen LogP contribution < -0.4 is 10.0 Å². The van der Waals surface area contributed by atoms with Gasteiger partial charge in [0.05, 0.1) is 4.90 Å². The van der Waals surface area contributed by atoms with Crippen LogP contribution in [0.3, 0.4) is 0 Å². The molecule has 0 aliphatic heterocycles. The average Bonchev–Trinajstić information content (AvgIpc) is 2.67. The molecular formula is C20H33N3O3S. The molecule has 1 saturated carbocycles. The van der Waals surface area contributed by atoms with Gasteiger partial charge in [-0.25, -0.2) is 13.1 Å². The number of amides is 1. The molecule has 0 bridgehead atoms. The van der Waals surface area contributed by atoms with E-state index in [0.717, 1.165) is 18.5 Å². The van der Waals surface area contributed by atoms with E-state index in [0.29, 0.717) is 23.7 Å². The predicted octanol–water partition coefficient (Wildman–Crippen LogP) is 2.60. The van der Waals surface area contributed by atoms with E-state index >= 15 is 0 Å². The molecule has 0 heterocycles. The standard InChI is InChI=1S/C20H33N3O3S/c1-15-13-17(14-19(16(15)2)27(25,26)21-3)20(24)22-11-8-12-23(4)18-9-6-5-7-10-18/h13-14,18,21H,5-12H2,1-4H3,(H,22,24). The summed E-state index contributed by atoms with van der Waals surface area (Å²) in [7, 11) is -0.0555. The Morgan fingerprint density at radius 1 is 1.19 bits per heavy atom. The number of hydrogen-bond donors (Lipinski definition) is 2. The molecule has 1 aromatic rings. The monoisotopic (exact) mass is 395 g/mol. The van der Waals surface area contributed by atoms with E-state index in [1.165, 1.54) is 45.2 Å². The van der Waals surface area contributed by atoms with Crippen molar-refractivity contribution in [2.75, 3.05) is 27.2 Å². The van der Waals surface area contributed by atoms with Gasteiger partial charge >= 0.3 is 0 Å². The second-order valence-corrected chi connectivity index (χ2v) is 9.36. The van der Waals surface area contributed by atoms with Crippen LogP contribution in [0.4, 0.5) is 0 Å². The van der Waals surface area contributed by atoms with Gasteiger partial charge in [-0.1, -0.05) is 19.3 Å². The van der Waals surface area contributed by atoms with E-state index < -0.39 is 10.0 Å². The van der Waals surface area contributed by atoms with Gasteiger partial charge in [-0.2, -0.15) is 0 Å². The maximum atomic E-state index is 12.5. The lowest BCUT2D eigenvalue weighted by atomic mass is 9.94. The molecular weight excluding hydrogens is 362 g/mol. The van der Waals surface area contributed by atoms with Gasteiger partial charge in [0.15, 0.2) is 0 Å². The lowest BCUT2D eigenvalue weighted by Crippen LogP contribution is -2.35. The lowest BCUT2D eigenvalue weighted by Gasteiger charge is -2.31. The number of carbonyl (C=O) groups is 1. The van der Waals surface area contributed by atoms with Crippen molar-refractivity contribution in [2.24, 2.45) is 0 Å². The van der Waals surface area contributed by atoms with Gasteiger partial charge in [0.25, 0.3) is 5.91 Å². The Labute approximate surface area is 163 Å². The number of hydrogen-bond acceptors (Lipinski definition) is 4. The van der Waals surface area contributed by atoms with Gasteiger partial charge in [0.2, 0.25) is 10.0 Å². The Bertz CT molecular complexity index is 756. The Hall–Kier alpha value is -1.44. The van der Waals surface area contributed by atoms with Gasteiger partial charge < -0.3 is 10.2 Å². The minimum atomic E-state index is -3.59. The molecule has 0 saturated heterocycles. The Balaban J connectivity index is 1.92. The number of carbonyl (C=O) groups excluding carboxylic acids is 1. The molecule has 0 spiro atoms. The first-order valence-corrected chi connectivity index (χ1v) is 11.3. The minimum absolute atomic E-state index is 0.159. The molecule has 2 rings (SSSR count). The number of nitrogens with one attached hydrogen (secondary N) is 2. The second-order valence-electron chi connectivity index (χ2n) is 7.51. The van der Waals surface area contributed by atoms with E-state index in [1.807, 2.05) is 6.92 Å². The molecule has 1 amide bonds. The molecule has 2 N–H and O–H groups in total. The van der Waals surface area contributed by atoms with Gasteiger partial charge in [-0.05, 0) is 77.0 Å². The van der Waals surface area contributed by atoms with E-state index in [4.69, 9.17) is 0 Å². The average molecular weight is 396 g/mol. The van der Waals surface area contributed by atoms with Crippen molar-refractivity contribution < 1.29 is 13.2 Å². The molecule has 1 aromatic carbocycles. The van der Waals surface area contributed by atoms with Crippen molar-refractivity contribution in [3.63, 3.8) is 0 Å². The smallest absolute Gasteiger partial charge is 0.251 e. The number of aryl methyl sites for hydroxylation is 1. The highest BCUT2D eigenvalue weighted by Gasteiger charge is 2.20. The predicted molar refractivity (Wildman–Crippen MR) is 109 cm³/mol. The summed E-state index contributed by atoms with van der Waals surface area (Å²) >= 11 is 0. The van der Waals surface area contributed by atoms with Crippen molar-refractivity contribution >= 4 is 15.9 Å². The van der Waals surface area contributed by atoms with Gasteiger partial charge in [0, 0.05) is 18.2 Å². The van der Waals surface area contributed by atoms with Crippen LogP contribution in [-0.4, -0.2) is 52.5 Å². The Morgan fingerprint density at radius 2 is 1.85 bits per heavy atom. The molecule has 1 aliphatic carbocycles. The number of nitrogens with zero attached hydrogens (tertiary/aromatic N) is 1. The molecule has 152 valence electrons. The first-order valence-electron chi connectivity index (χ1n) is 9.79. The number of rotatable bonds is 8. The zero-order valence-electron chi connectivity index (χ0n) is 17.0. The summed E-state index contributed by atoms with van der Waals surface area (Å²) in [6.07, 6.45) is 7.40. The fourth-order valence-corrected chi connectivity index (χ4v) is 4.75. The van der Waals surface area contributed by atoms with Crippen LogP contribution in [0.25, 0.3) is 0 Å². The summed E-state index contributed by atoms with van der Waals surface area (Å²) in [5, 5.41) is 2.92. The highest BCUT2D eigenvalue weighted by atomic mass is 32.2. The highest BCUT2D eigenvalue weighted by Crippen LogP contribution is 2.22. The van der Waals surface area contributed by atoms with Crippen LogP contribution in [0.2, 0.25) is 0 Å². The summed E-state index contributed by atoms with van der Waals surface area (Å²) in [6.45, 7) is 5.11. The molecule has 0 aromatic heterocycles. The molecule has 0 radical (unpaired) electrons. The summed E-state index contributed by atoms with van der Waals surface area (Å²) in [6, 6.07) is 3.87. The van der Waals surface area contributed by atoms with Crippen LogP contribution in [0.5, 0.6) is 0 Å². The molecule has 6 nitrogen and oxygen atoms in total. The summed E-state index contributed by atoms with van der Waals surface area (Å²) in [5.41, 5.74) is 1.83. The quantitative estimate of drug-likeness (QED) is 0.663. The minimum Gasteiger partial charge on any atom is -0.352 e. The van der Waals surface area contributed by atoms with Gasteiger partial charge in [-0.15, -0.1) is 0 Å². The Kier molecular flexibility index (Phi) is 7.82. The second kappa shape index (κ2) is 9.66. The van der Waals surface area contributed by atoms with Crippen molar-refractivity contribution in [1.82, 2.24) is 14.9 Å². The largest absolute Gasteiger partial charge is 0.352 e. The third kappa shape index (κ3) is 5.77. The SMILES string of the molecule is CNS(=O)(=O)c1cc(C(=O)NCCCN(C)C2CCCCC2)cc(C)c1C. The van der Waals surface area contributed by atoms with Crippen LogP contribution in [0.15, 0.2) is 17.0 Å². The molecule has 0 unspecified atom stereocenters. The van der Waals surface area contributed by atoms with Crippen LogP contribution in [0.1, 0.15) is 60.0 Å². The summed E-state index contributed by atoms with van der Waals surface area (Å²) in [5.74, 6) is -0.231. The lowest BCUT2D eigenvalue weighted by molar-refractivity contribution is 0.0950. The number of sulfonamides is 1. The maximum absolute atomic E-state index is 12.5. The fraction of sp³-hybridized carbons (Fsp3) is 0.650. The molecule has 0 atom stereocenters. The van der Waals surface area contributed by atoms with E-state index in [9.17, 15) is 13.2 Å². The van der Waals surface area contributed by atoms with E-state index in [2.05, 4.69) is 22.0 Å². The first kappa shape index (κ1) is 21.9. The third-order valence-electron chi connectivity index (χ3n) is 5.61.